The molecular weight excluding hydrogens is 264 g/mol. The van der Waals surface area contributed by atoms with E-state index in [1.807, 2.05) is 18.4 Å². The van der Waals surface area contributed by atoms with E-state index in [2.05, 4.69) is 16.4 Å². The highest BCUT2D eigenvalue weighted by molar-refractivity contribution is 7.99. The molecule has 2 aromatic heterocycles. The van der Waals surface area contributed by atoms with Crippen LogP contribution in [0.1, 0.15) is 10.4 Å². The topological polar surface area (TPSA) is 74.7 Å². The molecule has 0 aromatic carbocycles. The molecule has 0 spiro atoms. The van der Waals surface area contributed by atoms with Gasteiger partial charge < -0.3 is 11.1 Å². The summed E-state index contributed by atoms with van der Waals surface area (Å²) in [4.78, 5) is 5.49. The minimum atomic E-state index is 0.566. The quantitative estimate of drug-likeness (QED) is 0.840. The molecule has 0 fully saturated rings. The zero-order chi connectivity index (χ0) is 13.0. The molecule has 0 bridgehead atoms. The van der Waals surface area contributed by atoms with E-state index in [9.17, 15) is 0 Å². The van der Waals surface area contributed by atoms with E-state index in [1.54, 1.807) is 24.2 Å². The molecule has 6 heteroatoms. The lowest BCUT2D eigenvalue weighted by molar-refractivity contribution is 1.13. The summed E-state index contributed by atoms with van der Waals surface area (Å²) >= 11 is 2.95. The Kier molecular flexibility index (Phi) is 4.07. The Morgan fingerprint density at radius 2 is 2.22 bits per heavy atom. The molecular formula is C12H12N4S2. The van der Waals surface area contributed by atoms with Crippen molar-refractivity contribution in [1.29, 1.82) is 5.26 Å². The van der Waals surface area contributed by atoms with Crippen LogP contribution in [-0.2, 0) is 6.54 Å². The number of nitrogens with zero attached hydrogens (tertiary/aromatic N) is 2. The van der Waals surface area contributed by atoms with Gasteiger partial charge in [0, 0.05) is 18.9 Å². The minimum Gasteiger partial charge on any atom is -0.396 e. The molecule has 2 rings (SSSR count). The number of hydrogen-bond acceptors (Lipinski definition) is 6. The summed E-state index contributed by atoms with van der Waals surface area (Å²) in [6, 6.07) is 6.02. The number of rotatable bonds is 4. The zero-order valence-electron chi connectivity index (χ0n) is 9.80. The van der Waals surface area contributed by atoms with Crippen LogP contribution < -0.4 is 11.1 Å². The van der Waals surface area contributed by atoms with Gasteiger partial charge in [-0.1, -0.05) is 0 Å². The fourth-order valence-corrected chi connectivity index (χ4v) is 3.34. The summed E-state index contributed by atoms with van der Waals surface area (Å²) in [5.74, 6) is 0. The van der Waals surface area contributed by atoms with Crippen molar-refractivity contribution in [3.63, 3.8) is 0 Å². The number of aromatic nitrogens is 1. The number of thiophene rings is 1. The van der Waals surface area contributed by atoms with Gasteiger partial charge in [0.25, 0.3) is 0 Å². The predicted molar refractivity (Wildman–Crippen MR) is 76.8 cm³/mol. The average Bonchev–Trinajstić information content (AvgIpc) is 2.73. The lowest BCUT2D eigenvalue weighted by atomic mass is 10.3. The summed E-state index contributed by atoms with van der Waals surface area (Å²) in [6.45, 7) is 0.695. The molecule has 0 unspecified atom stereocenters. The van der Waals surface area contributed by atoms with Crippen molar-refractivity contribution in [2.75, 3.05) is 17.3 Å². The van der Waals surface area contributed by atoms with E-state index in [0.717, 1.165) is 15.5 Å². The maximum Gasteiger partial charge on any atom is 0.131 e. The van der Waals surface area contributed by atoms with Crippen LogP contribution in [0.25, 0.3) is 0 Å². The Labute approximate surface area is 114 Å². The molecule has 92 valence electrons. The molecule has 18 heavy (non-hydrogen) atoms. The fourth-order valence-electron chi connectivity index (χ4n) is 1.51. The second-order valence-electron chi connectivity index (χ2n) is 3.53. The van der Waals surface area contributed by atoms with Gasteiger partial charge in [-0.15, -0.1) is 23.1 Å². The number of nitrogens with one attached hydrogen (secondary N) is 1. The molecule has 0 saturated carbocycles. The Morgan fingerprint density at radius 3 is 2.83 bits per heavy atom. The first-order valence-electron chi connectivity index (χ1n) is 5.25. The van der Waals surface area contributed by atoms with Crippen molar-refractivity contribution in [2.45, 2.75) is 11.4 Å². The highest BCUT2D eigenvalue weighted by atomic mass is 32.2. The standard InChI is InChI=1S/C12H12N4S2/c1-17-11-10(14)9(6-13)18-12(11)16-7-8-2-4-15-5-3-8/h2-5,16H,7,14H2,1H3. The van der Waals surface area contributed by atoms with Gasteiger partial charge in [0.15, 0.2) is 0 Å². The SMILES string of the molecule is CSc1c(NCc2ccncc2)sc(C#N)c1N. The Balaban J connectivity index is 2.17. The van der Waals surface area contributed by atoms with Crippen LogP contribution >= 0.6 is 23.1 Å². The van der Waals surface area contributed by atoms with Gasteiger partial charge >= 0.3 is 0 Å². The van der Waals surface area contributed by atoms with Crippen molar-refractivity contribution in [3.8, 4) is 6.07 Å². The van der Waals surface area contributed by atoms with Crippen LogP contribution in [-0.4, -0.2) is 11.2 Å². The van der Waals surface area contributed by atoms with Gasteiger partial charge in [0.05, 0.1) is 10.6 Å². The van der Waals surface area contributed by atoms with Crippen LogP contribution in [0.3, 0.4) is 0 Å². The number of thioether (sulfide) groups is 1. The number of anilines is 2. The van der Waals surface area contributed by atoms with E-state index in [4.69, 9.17) is 11.0 Å². The van der Waals surface area contributed by atoms with Crippen molar-refractivity contribution < 1.29 is 0 Å². The van der Waals surface area contributed by atoms with Crippen molar-refractivity contribution in [2.24, 2.45) is 0 Å². The number of nitrogen functional groups attached to an aromatic ring is 1. The molecule has 4 nitrogen and oxygen atoms in total. The number of pyridine rings is 1. The monoisotopic (exact) mass is 276 g/mol. The fraction of sp³-hybridized carbons (Fsp3) is 0.167. The third kappa shape index (κ3) is 2.58. The van der Waals surface area contributed by atoms with Crippen molar-refractivity contribution in [1.82, 2.24) is 4.98 Å². The van der Waals surface area contributed by atoms with Gasteiger partial charge in [0.1, 0.15) is 15.9 Å². The van der Waals surface area contributed by atoms with Gasteiger partial charge in [-0.05, 0) is 24.0 Å². The normalized spacial score (nSPS) is 10.0. The smallest absolute Gasteiger partial charge is 0.131 e. The molecule has 0 amide bonds. The molecule has 0 atom stereocenters. The van der Waals surface area contributed by atoms with Gasteiger partial charge in [-0.3, -0.25) is 4.98 Å². The van der Waals surface area contributed by atoms with Crippen LogP contribution in [0, 0.1) is 11.3 Å². The lowest BCUT2D eigenvalue weighted by Crippen LogP contribution is -1.98. The van der Waals surface area contributed by atoms with Crippen molar-refractivity contribution in [3.05, 3.63) is 35.0 Å². The van der Waals surface area contributed by atoms with Gasteiger partial charge in [-0.2, -0.15) is 5.26 Å². The highest BCUT2D eigenvalue weighted by Crippen LogP contribution is 2.41. The molecule has 0 saturated heterocycles. The van der Waals surface area contributed by atoms with Crippen LogP contribution in [0.2, 0.25) is 0 Å². The Bertz CT molecular complexity index is 572. The lowest BCUT2D eigenvalue weighted by Gasteiger charge is -2.05. The van der Waals surface area contributed by atoms with E-state index in [0.29, 0.717) is 17.1 Å². The number of hydrogen-bond donors (Lipinski definition) is 2. The molecule has 0 aliphatic carbocycles. The molecule has 3 N–H and O–H groups in total. The largest absolute Gasteiger partial charge is 0.396 e. The van der Waals surface area contributed by atoms with Gasteiger partial charge in [0.2, 0.25) is 0 Å². The molecule has 0 aliphatic rings. The van der Waals surface area contributed by atoms with Gasteiger partial charge in [-0.25, -0.2) is 0 Å². The predicted octanol–water partition coefficient (Wildman–Crippen LogP) is 2.93. The zero-order valence-corrected chi connectivity index (χ0v) is 11.4. The third-order valence-electron chi connectivity index (χ3n) is 2.41. The summed E-state index contributed by atoms with van der Waals surface area (Å²) in [7, 11) is 0. The molecule has 2 aromatic rings. The second kappa shape index (κ2) is 5.76. The molecule has 2 heterocycles. The summed E-state index contributed by atoms with van der Waals surface area (Å²) in [5.41, 5.74) is 7.63. The third-order valence-corrected chi connectivity index (χ3v) is 4.44. The van der Waals surface area contributed by atoms with Crippen LogP contribution in [0.4, 0.5) is 10.7 Å². The Morgan fingerprint density at radius 1 is 1.50 bits per heavy atom. The molecule has 0 radical (unpaired) electrons. The summed E-state index contributed by atoms with van der Waals surface area (Å²) in [6.07, 6.45) is 5.48. The van der Waals surface area contributed by atoms with E-state index in [-0.39, 0.29) is 0 Å². The second-order valence-corrected chi connectivity index (χ2v) is 5.37. The first-order chi connectivity index (χ1) is 8.76. The summed E-state index contributed by atoms with van der Waals surface area (Å²) in [5, 5.41) is 13.2. The Hall–Kier alpha value is -1.71. The van der Waals surface area contributed by atoms with Crippen LogP contribution in [0.5, 0.6) is 0 Å². The average molecular weight is 276 g/mol. The maximum atomic E-state index is 8.97. The van der Waals surface area contributed by atoms with Crippen LogP contribution in [0.15, 0.2) is 29.4 Å². The minimum absolute atomic E-state index is 0.566. The van der Waals surface area contributed by atoms with E-state index < -0.39 is 0 Å². The van der Waals surface area contributed by atoms with E-state index in [1.165, 1.54) is 11.3 Å². The highest BCUT2D eigenvalue weighted by Gasteiger charge is 2.14. The maximum absolute atomic E-state index is 8.97. The number of nitrogens with two attached hydrogens (primary N) is 1. The summed E-state index contributed by atoms with van der Waals surface area (Å²) < 4.78 is 0. The first kappa shape index (κ1) is 12.7. The van der Waals surface area contributed by atoms with Crippen molar-refractivity contribution >= 4 is 33.8 Å². The molecule has 0 aliphatic heterocycles. The number of nitriles is 1. The van der Waals surface area contributed by atoms with E-state index >= 15 is 0 Å². The first-order valence-corrected chi connectivity index (χ1v) is 7.29.